The van der Waals surface area contributed by atoms with Crippen molar-refractivity contribution in [2.24, 2.45) is 0 Å². The van der Waals surface area contributed by atoms with Crippen LogP contribution in [-0.2, 0) is 0 Å². The van der Waals surface area contributed by atoms with Crippen molar-refractivity contribution >= 4 is 78.0 Å². The second-order valence-electron chi connectivity index (χ2n) is 23.1. The SMILES string of the molecule is c1ccc(/C(=C(/c2ccccc2)c2ccc(N(c3ccccc3)c3ccccc3)cc2)c2ccc(-c3c4ccccc4c(-c4ccc(/C(=C(\c5ccccc5)c5ccc(N(c6ccccc6)c6ccccc6)cc5)c5ccccc5)cc4)c4ccccc34)cc2)cc1. The first-order chi connectivity index (χ1) is 45.7. The molecule has 0 radical (unpaired) electrons. The van der Waals surface area contributed by atoms with Gasteiger partial charge in [0.1, 0.15) is 0 Å². The van der Waals surface area contributed by atoms with E-state index in [9.17, 15) is 0 Å². The van der Waals surface area contributed by atoms with Gasteiger partial charge in [0.25, 0.3) is 0 Å². The van der Waals surface area contributed by atoms with E-state index >= 15 is 0 Å². The summed E-state index contributed by atoms with van der Waals surface area (Å²) < 4.78 is 0. The van der Waals surface area contributed by atoms with Crippen LogP contribution in [0.1, 0.15) is 44.5 Å². The minimum Gasteiger partial charge on any atom is -0.311 e. The Labute approximate surface area is 539 Å². The number of hydrogen-bond donors (Lipinski definition) is 0. The van der Waals surface area contributed by atoms with Crippen molar-refractivity contribution in [3.8, 4) is 22.3 Å². The van der Waals surface area contributed by atoms with Crippen molar-refractivity contribution in [3.63, 3.8) is 0 Å². The molecule has 0 amide bonds. The lowest BCUT2D eigenvalue weighted by atomic mass is 9.83. The maximum absolute atomic E-state index is 2.34. The molecule has 0 unspecified atom stereocenters. The molecule has 0 saturated carbocycles. The summed E-state index contributed by atoms with van der Waals surface area (Å²) in [7, 11) is 0. The van der Waals surface area contributed by atoms with Crippen LogP contribution >= 0.6 is 0 Å². The first-order valence-electron chi connectivity index (χ1n) is 31.6. The Morgan fingerprint density at radius 1 is 0.141 bits per heavy atom. The van der Waals surface area contributed by atoms with E-state index < -0.39 is 0 Å². The highest BCUT2D eigenvalue weighted by molar-refractivity contribution is 6.21. The Morgan fingerprint density at radius 2 is 0.304 bits per heavy atom. The van der Waals surface area contributed by atoms with Crippen molar-refractivity contribution in [2.75, 3.05) is 9.80 Å². The Bertz CT molecular complexity index is 4570. The second kappa shape index (κ2) is 25.9. The number of hydrogen-bond acceptors (Lipinski definition) is 2. The van der Waals surface area contributed by atoms with Crippen molar-refractivity contribution in [2.45, 2.75) is 0 Å². The Morgan fingerprint density at radius 3 is 0.522 bits per heavy atom. The number of para-hydroxylation sites is 4. The molecule has 15 aromatic carbocycles. The number of rotatable bonds is 16. The van der Waals surface area contributed by atoms with Gasteiger partial charge in [-0.3, -0.25) is 0 Å². The lowest BCUT2D eigenvalue weighted by molar-refractivity contribution is 1.28. The lowest BCUT2D eigenvalue weighted by Gasteiger charge is -2.26. The van der Waals surface area contributed by atoms with Crippen molar-refractivity contribution in [3.05, 3.63) is 433 Å². The van der Waals surface area contributed by atoms with Crippen LogP contribution in [0.4, 0.5) is 34.1 Å². The molecule has 15 aromatic rings. The standard InChI is InChI=1S/C90H64N2/c1-9-29-65(30-10-1)85(87(67-33-13-3-14-34-67)71-57-61-79(62-58-71)91(75-37-17-5-18-38-75)76-39-19-6-20-40-76)69-49-53-73(54-50-69)89-81-45-25-27-47-83(81)90(84-48-28-26-46-82(84)89)74-55-51-70(52-56-74)86(66-31-11-2-12-32-66)88(68-35-15-4-16-36-68)72-59-63-80(64-60-72)92(77-41-21-7-22-42-77)78-43-23-8-24-44-78/h1-64H/b87-85+,88-86+. The summed E-state index contributed by atoms with van der Waals surface area (Å²) in [5, 5.41) is 4.83. The Hall–Kier alpha value is -12.1. The number of fused-ring (bicyclic) bond motifs is 2. The van der Waals surface area contributed by atoms with Crippen LogP contribution in [0.15, 0.2) is 388 Å². The van der Waals surface area contributed by atoms with Crippen LogP contribution in [0, 0.1) is 0 Å². The molecule has 0 atom stereocenters. The van der Waals surface area contributed by atoms with Gasteiger partial charge in [-0.1, -0.05) is 315 Å². The molecule has 0 bridgehead atoms. The van der Waals surface area contributed by atoms with E-state index in [1.165, 1.54) is 55.0 Å². The van der Waals surface area contributed by atoms with Crippen LogP contribution in [-0.4, -0.2) is 0 Å². The average Bonchev–Trinajstić information content (AvgIpc) is 0.787. The summed E-state index contributed by atoms with van der Waals surface area (Å²) in [4.78, 5) is 4.64. The quantitative estimate of drug-likeness (QED) is 0.0703. The molecule has 2 nitrogen and oxygen atoms in total. The van der Waals surface area contributed by atoms with Crippen molar-refractivity contribution in [1.82, 2.24) is 0 Å². The third kappa shape index (κ3) is 11.3. The predicted octanol–water partition coefficient (Wildman–Crippen LogP) is 24.3. The lowest BCUT2D eigenvalue weighted by Crippen LogP contribution is -2.09. The topological polar surface area (TPSA) is 6.48 Å². The molecule has 0 saturated heterocycles. The molecule has 0 aromatic heterocycles. The molecular formula is C90H64N2. The van der Waals surface area contributed by atoms with Crippen molar-refractivity contribution < 1.29 is 0 Å². The highest BCUT2D eigenvalue weighted by atomic mass is 15.1. The van der Waals surface area contributed by atoms with Gasteiger partial charge in [0.15, 0.2) is 0 Å². The number of anilines is 6. The van der Waals surface area contributed by atoms with Gasteiger partial charge in [-0.25, -0.2) is 0 Å². The van der Waals surface area contributed by atoms with Crippen LogP contribution < -0.4 is 9.80 Å². The minimum atomic E-state index is 1.09. The summed E-state index contributed by atoms with van der Waals surface area (Å²) in [5.74, 6) is 0. The smallest absolute Gasteiger partial charge is 0.0462 e. The third-order valence-corrected chi connectivity index (χ3v) is 17.5. The number of nitrogens with zero attached hydrogens (tertiary/aromatic N) is 2. The van der Waals surface area contributed by atoms with Crippen molar-refractivity contribution in [1.29, 1.82) is 0 Å². The van der Waals surface area contributed by atoms with E-state index in [1.54, 1.807) is 0 Å². The molecule has 15 rings (SSSR count). The van der Waals surface area contributed by atoms with Gasteiger partial charge in [0.05, 0.1) is 0 Å². The Balaban J connectivity index is 0.835. The fraction of sp³-hybridized carbons (Fsp3) is 0. The maximum atomic E-state index is 2.34. The van der Waals surface area contributed by atoms with Crippen LogP contribution in [0.3, 0.4) is 0 Å². The first kappa shape index (κ1) is 56.4. The predicted molar refractivity (Wildman–Crippen MR) is 390 cm³/mol. The van der Waals surface area contributed by atoms with Gasteiger partial charge in [-0.2, -0.15) is 0 Å². The third-order valence-electron chi connectivity index (χ3n) is 17.5. The van der Waals surface area contributed by atoms with E-state index in [4.69, 9.17) is 0 Å². The van der Waals surface area contributed by atoms with Gasteiger partial charge in [-0.15, -0.1) is 0 Å². The zero-order valence-electron chi connectivity index (χ0n) is 50.8. The molecule has 0 spiro atoms. The zero-order valence-corrected chi connectivity index (χ0v) is 50.8. The van der Waals surface area contributed by atoms with Gasteiger partial charge < -0.3 is 9.80 Å². The highest BCUT2D eigenvalue weighted by Crippen LogP contribution is 2.47. The molecule has 0 fully saturated rings. The molecule has 0 heterocycles. The number of benzene rings is 15. The summed E-state index contributed by atoms with van der Waals surface area (Å²) in [6.07, 6.45) is 0. The molecule has 0 N–H and O–H groups in total. The van der Waals surface area contributed by atoms with E-state index in [2.05, 4.69) is 398 Å². The monoisotopic (exact) mass is 1170 g/mol. The first-order valence-corrected chi connectivity index (χ1v) is 31.6. The second-order valence-corrected chi connectivity index (χ2v) is 23.1. The van der Waals surface area contributed by atoms with E-state index in [0.717, 1.165) is 89.8 Å². The molecule has 92 heavy (non-hydrogen) atoms. The van der Waals surface area contributed by atoms with Crippen LogP contribution in [0.2, 0.25) is 0 Å². The largest absolute Gasteiger partial charge is 0.311 e. The van der Waals surface area contributed by atoms with Gasteiger partial charge in [0.2, 0.25) is 0 Å². The summed E-state index contributed by atoms with van der Waals surface area (Å²) in [6.45, 7) is 0. The Kier molecular flexibility index (Phi) is 15.9. The molecule has 2 heteroatoms. The van der Waals surface area contributed by atoms with E-state index in [0.29, 0.717) is 0 Å². The van der Waals surface area contributed by atoms with Crippen LogP contribution in [0.25, 0.3) is 66.1 Å². The van der Waals surface area contributed by atoms with Crippen LogP contribution in [0.5, 0.6) is 0 Å². The maximum Gasteiger partial charge on any atom is 0.0462 e. The van der Waals surface area contributed by atoms with Gasteiger partial charge in [0, 0.05) is 34.1 Å². The molecule has 0 aliphatic heterocycles. The fourth-order valence-electron chi connectivity index (χ4n) is 13.4. The highest BCUT2D eigenvalue weighted by Gasteiger charge is 2.23. The van der Waals surface area contributed by atoms with Gasteiger partial charge in [-0.05, 0) is 183 Å². The molecule has 434 valence electrons. The van der Waals surface area contributed by atoms with E-state index in [1.807, 2.05) is 0 Å². The average molecular weight is 1170 g/mol. The normalized spacial score (nSPS) is 11.8. The molecule has 0 aliphatic carbocycles. The molecular weight excluding hydrogens is 1110 g/mol. The summed E-state index contributed by atoms with van der Waals surface area (Å²) >= 11 is 0. The fourth-order valence-corrected chi connectivity index (χ4v) is 13.4. The minimum absolute atomic E-state index is 1.09. The van der Waals surface area contributed by atoms with Gasteiger partial charge >= 0.3 is 0 Å². The molecule has 0 aliphatic rings. The summed E-state index contributed by atoms with van der Waals surface area (Å²) in [6, 6.07) is 141. The van der Waals surface area contributed by atoms with E-state index in [-0.39, 0.29) is 0 Å². The summed E-state index contributed by atoms with van der Waals surface area (Å²) in [5.41, 5.74) is 25.2. The zero-order chi connectivity index (χ0) is 61.4.